The van der Waals surface area contributed by atoms with Gasteiger partial charge in [0.1, 0.15) is 16.9 Å². The summed E-state index contributed by atoms with van der Waals surface area (Å²) < 4.78 is 0. The molecule has 146 valence electrons. The molecule has 2 aromatic heterocycles. The maximum Gasteiger partial charge on any atom is 0.157 e. The molecule has 1 aliphatic rings. The first-order chi connectivity index (χ1) is 14.2. The van der Waals surface area contributed by atoms with Gasteiger partial charge >= 0.3 is 0 Å². The maximum absolute atomic E-state index is 6.20. The SMILES string of the molecule is Clc1ccc(Nc2nc3ccccc3c3nc(C4CCC=CCC4)[nH]c23)cc1Cl. The van der Waals surface area contributed by atoms with E-state index in [4.69, 9.17) is 33.2 Å². The summed E-state index contributed by atoms with van der Waals surface area (Å²) in [5, 5.41) is 5.48. The quantitative estimate of drug-likeness (QED) is 0.338. The first kappa shape index (κ1) is 18.5. The number of nitrogens with zero attached hydrogens (tertiary/aromatic N) is 2. The predicted octanol–water partition coefficient (Wildman–Crippen LogP) is 7.38. The number of pyridine rings is 1. The highest BCUT2D eigenvalue weighted by atomic mass is 35.5. The van der Waals surface area contributed by atoms with E-state index in [-0.39, 0.29) is 0 Å². The molecule has 0 fully saturated rings. The number of H-pyrrole nitrogens is 1. The topological polar surface area (TPSA) is 53.6 Å². The molecular formula is C23H20Cl2N4. The Bertz CT molecular complexity index is 1220. The number of hydrogen-bond donors (Lipinski definition) is 2. The van der Waals surface area contributed by atoms with Crippen LogP contribution in [0.4, 0.5) is 11.5 Å². The van der Waals surface area contributed by atoms with Crippen LogP contribution < -0.4 is 5.32 Å². The summed E-state index contributed by atoms with van der Waals surface area (Å²) in [5.41, 5.74) is 3.61. The van der Waals surface area contributed by atoms with Gasteiger partial charge in [0.25, 0.3) is 0 Å². The molecule has 6 heteroatoms. The molecule has 2 heterocycles. The summed E-state index contributed by atoms with van der Waals surface area (Å²) >= 11 is 12.3. The van der Waals surface area contributed by atoms with Crippen molar-refractivity contribution in [2.75, 3.05) is 5.32 Å². The van der Waals surface area contributed by atoms with Crippen molar-refractivity contribution in [2.45, 2.75) is 31.6 Å². The summed E-state index contributed by atoms with van der Waals surface area (Å²) in [4.78, 5) is 13.5. The highest BCUT2D eigenvalue weighted by Crippen LogP contribution is 2.35. The molecule has 0 radical (unpaired) electrons. The fourth-order valence-electron chi connectivity index (χ4n) is 3.95. The monoisotopic (exact) mass is 422 g/mol. The van der Waals surface area contributed by atoms with Crippen LogP contribution in [0, 0.1) is 0 Å². The Morgan fingerprint density at radius 3 is 2.52 bits per heavy atom. The van der Waals surface area contributed by atoms with Crippen molar-refractivity contribution in [3.8, 4) is 0 Å². The van der Waals surface area contributed by atoms with Crippen LogP contribution in [-0.2, 0) is 0 Å². The molecule has 0 spiro atoms. The maximum atomic E-state index is 6.20. The van der Waals surface area contributed by atoms with Crippen LogP contribution in [-0.4, -0.2) is 15.0 Å². The number of fused-ring (bicyclic) bond motifs is 3. The number of hydrogen-bond acceptors (Lipinski definition) is 3. The Morgan fingerprint density at radius 2 is 1.72 bits per heavy atom. The van der Waals surface area contributed by atoms with Gasteiger partial charge in [0.05, 0.1) is 15.6 Å². The average Bonchev–Trinajstić information content (AvgIpc) is 3.00. The Balaban J connectivity index is 1.64. The van der Waals surface area contributed by atoms with Crippen LogP contribution >= 0.6 is 23.2 Å². The zero-order chi connectivity index (χ0) is 19.8. The van der Waals surface area contributed by atoms with E-state index in [1.54, 1.807) is 12.1 Å². The van der Waals surface area contributed by atoms with Crippen LogP contribution in [0.1, 0.15) is 37.4 Å². The van der Waals surface area contributed by atoms with Gasteiger partial charge in [0.15, 0.2) is 5.82 Å². The van der Waals surface area contributed by atoms with Crippen LogP contribution in [0.5, 0.6) is 0 Å². The lowest BCUT2D eigenvalue weighted by molar-refractivity contribution is 0.577. The zero-order valence-corrected chi connectivity index (χ0v) is 17.3. The van der Waals surface area contributed by atoms with Gasteiger partial charge in [0.2, 0.25) is 0 Å². The molecule has 0 saturated carbocycles. The molecule has 2 N–H and O–H groups in total. The van der Waals surface area contributed by atoms with E-state index in [9.17, 15) is 0 Å². The van der Waals surface area contributed by atoms with Gasteiger partial charge in [-0.25, -0.2) is 9.97 Å². The van der Waals surface area contributed by atoms with Crippen LogP contribution in [0.3, 0.4) is 0 Å². The van der Waals surface area contributed by atoms with Gasteiger partial charge < -0.3 is 10.3 Å². The van der Waals surface area contributed by atoms with Gasteiger partial charge in [-0.15, -0.1) is 0 Å². The van der Waals surface area contributed by atoms with Crippen LogP contribution in [0.15, 0.2) is 54.6 Å². The molecule has 4 nitrogen and oxygen atoms in total. The summed E-state index contributed by atoms with van der Waals surface area (Å²) in [5.74, 6) is 2.20. The van der Waals surface area contributed by atoms with Crippen molar-refractivity contribution in [1.82, 2.24) is 15.0 Å². The molecule has 0 atom stereocenters. The lowest BCUT2D eigenvalue weighted by atomic mass is 9.99. The molecule has 1 aliphatic carbocycles. The van der Waals surface area contributed by atoms with E-state index in [1.165, 1.54) is 0 Å². The highest BCUT2D eigenvalue weighted by molar-refractivity contribution is 6.42. The van der Waals surface area contributed by atoms with E-state index in [0.717, 1.165) is 64.9 Å². The Hall–Kier alpha value is -2.56. The van der Waals surface area contributed by atoms with E-state index >= 15 is 0 Å². The molecule has 0 aliphatic heterocycles. The average molecular weight is 423 g/mol. The first-order valence-electron chi connectivity index (χ1n) is 9.84. The molecule has 29 heavy (non-hydrogen) atoms. The van der Waals surface area contributed by atoms with Gasteiger partial charge in [-0.3, -0.25) is 0 Å². The minimum atomic E-state index is 0.425. The zero-order valence-electron chi connectivity index (χ0n) is 15.8. The molecular weight excluding hydrogens is 403 g/mol. The minimum absolute atomic E-state index is 0.425. The largest absolute Gasteiger partial charge is 0.339 e. The highest BCUT2D eigenvalue weighted by Gasteiger charge is 2.20. The Labute approximate surface area is 179 Å². The van der Waals surface area contributed by atoms with Crippen molar-refractivity contribution in [3.63, 3.8) is 0 Å². The minimum Gasteiger partial charge on any atom is -0.339 e. The third-order valence-electron chi connectivity index (χ3n) is 5.45. The van der Waals surface area contributed by atoms with E-state index in [1.807, 2.05) is 24.3 Å². The number of allylic oxidation sites excluding steroid dienone is 2. The number of aromatic amines is 1. The predicted molar refractivity (Wildman–Crippen MR) is 121 cm³/mol. The molecule has 2 aromatic carbocycles. The number of para-hydroxylation sites is 1. The fraction of sp³-hybridized carbons (Fsp3) is 0.217. The molecule has 0 bridgehead atoms. The van der Waals surface area contributed by atoms with Crippen LogP contribution in [0.2, 0.25) is 10.0 Å². The van der Waals surface area contributed by atoms with Crippen molar-refractivity contribution < 1.29 is 0 Å². The Kier molecular flexibility index (Phi) is 4.90. The van der Waals surface area contributed by atoms with E-state index in [2.05, 4.69) is 28.5 Å². The number of anilines is 2. The van der Waals surface area contributed by atoms with Gasteiger partial charge in [-0.1, -0.05) is 53.6 Å². The Morgan fingerprint density at radius 1 is 0.931 bits per heavy atom. The lowest BCUT2D eigenvalue weighted by Crippen LogP contribution is -1.99. The summed E-state index contributed by atoms with van der Waals surface area (Å²) in [7, 11) is 0. The van der Waals surface area contributed by atoms with Gasteiger partial charge in [-0.05, 0) is 49.9 Å². The normalized spacial score (nSPS) is 15.1. The van der Waals surface area contributed by atoms with E-state index < -0.39 is 0 Å². The molecule has 0 amide bonds. The summed E-state index contributed by atoms with van der Waals surface area (Å²) in [6.45, 7) is 0. The number of imidazole rings is 1. The molecule has 0 unspecified atom stereocenters. The second kappa shape index (κ2) is 7.69. The standard InChI is InChI=1S/C23H20Cl2N4/c24-17-12-11-15(13-18(17)25)26-23-21-20(16-9-5-6-10-19(16)27-23)28-22(29-21)14-7-3-1-2-4-8-14/h1-2,5-6,9-14H,3-4,7-8H2,(H,26,27)(H,28,29). The third kappa shape index (κ3) is 3.59. The van der Waals surface area contributed by atoms with Crippen molar-refractivity contribution in [1.29, 1.82) is 0 Å². The van der Waals surface area contributed by atoms with Crippen LogP contribution in [0.25, 0.3) is 21.9 Å². The number of halogens is 2. The molecule has 5 rings (SSSR count). The summed E-state index contributed by atoms with van der Waals surface area (Å²) in [6, 6.07) is 13.6. The van der Waals surface area contributed by atoms with Gasteiger partial charge in [0, 0.05) is 17.0 Å². The van der Waals surface area contributed by atoms with E-state index in [0.29, 0.717) is 16.0 Å². The smallest absolute Gasteiger partial charge is 0.157 e. The summed E-state index contributed by atoms with van der Waals surface area (Å²) in [6.07, 6.45) is 8.95. The first-order valence-corrected chi connectivity index (χ1v) is 10.6. The van der Waals surface area contributed by atoms with Gasteiger partial charge in [-0.2, -0.15) is 0 Å². The second-order valence-electron chi connectivity index (χ2n) is 7.40. The lowest BCUT2D eigenvalue weighted by Gasteiger charge is -2.10. The molecule has 4 aromatic rings. The third-order valence-corrected chi connectivity index (χ3v) is 6.19. The number of rotatable bonds is 3. The van der Waals surface area contributed by atoms with Crippen molar-refractivity contribution in [2.24, 2.45) is 0 Å². The number of nitrogens with one attached hydrogen (secondary N) is 2. The van der Waals surface area contributed by atoms with Crippen molar-refractivity contribution in [3.05, 3.63) is 70.5 Å². The fourth-order valence-corrected chi connectivity index (χ4v) is 4.25. The second-order valence-corrected chi connectivity index (χ2v) is 8.21. The van der Waals surface area contributed by atoms with Crippen molar-refractivity contribution >= 4 is 56.6 Å². The number of benzene rings is 2. The number of aromatic nitrogens is 3. The molecule has 0 saturated heterocycles.